The standard InChI is InChI=1S/C20H30N2O2/c1-19(2)11-14(12-20(3,4)22-19)21-18(23)16-9-7-13-6-8-15(24-5)10-17(13)16/h6,8,10,14,16,22H,7,9,11-12H2,1-5H3,(H,21,23). The molecule has 1 heterocycles. The van der Waals surface area contributed by atoms with Gasteiger partial charge in [0, 0.05) is 17.1 Å². The van der Waals surface area contributed by atoms with E-state index < -0.39 is 0 Å². The molecule has 1 aliphatic heterocycles. The van der Waals surface area contributed by atoms with Gasteiger partial charge in [0.05, 0.1) is 13.0 Å². The van der Waals surface area contributed by atoms with Crippen LogP contribution in [0.5, 0.6) is 5.75 Å². The van der Waals surface area contributed by atoms with E-state index in [2.05, 4.69) is 44.4 Å². The number of nitrogens with one attached hydrogen (secondary N) is 2. The first kappa shape index (κ1) is 17.3. The van der Waals surface area contributed by atoms with Crippen LogP contribution < -0.4 is 15.4 Å². The molecule has 4 heteroatoms. The van der Waals surface area contributed by atoms with E-state index in [9.17, 15) is 4.79 Å². The van der Waals surface area contributed by atoms with Crippen molar-refractivity contribution in [3.63, 3.8) is 0 Å². The van der Waals surface area contributed by atoms with Gasteiger partial charge in [-0.25, -0.2) is 0 Å². The number of carbonyl (C=O) groups excluding carboxylic acids is 1. The van der Waals surface area contributed by atoms with E-state index in [1.807, 2.05) is 12.1 Å². The van der Waals surface area contributed by atoms with Gasteiger partial charge < -0.3 is 15.4 Å². The lowest BCUT2D eigenvalue weighted by Crippen LogP contribution is -2.62. The molecular formula is C20H30N2O2. The van der Waals surface area contributed by atoms with Crippen molar-refractivity contribution in [3.05, 3.63) is 29.3 Å². The Kier molecular flexibility index (Phi) is 4.37. The number of carbonyl (C=O) groups is 1. The Balaban J connectivity index is 1.73. The predicted octanol–water partition coefficient (Wildman–Crippen LogP) is 3.15. The number of aryl methyl sites for hydroxylation is 1. The third kappa shape index (κ3) is 3.59. The minimum atomic E-state index is -0.0452. The highest BCUT2D eigenvalue weighted by Crippen LogP contribution is 2.36. The zero-order valence-electron chi connectivity index (χ0n) is 15.5. The predicted molar refractivity (Wildman–Crippen MR) is 96.5 cm³/mol. The summed E-state index contributed by atoms with van der Waals surface area (Å²) < 4.78 is 5.33. The number of fused-ring (bicyclic) bond motifs is 1. The van der Waals surface area contributed by atoms with Crippen LogP contribution in [0.3, 0.4) is 0 Å². The average Bonchev–Trinajstić information content (AvgIpc) is 2.86. The molecule has 1 aliphatic carbocycles. The Morgan fingerprint density at radius 1 is 1.21 bits per heavy atom. The second kappa shape index (κ2) is 6.07. The van der Waals surface area contributed by atoms with Gasteiger partial charge in [-0.1, -0.05) is 6.07 Å². The van der Waals surface area contributed by atoms with Crippen molar-refractivity contribution < 1.29 is 9.53 Å². The summed E-state index contributed by atoms with van der Waals surface area (Å²) in [5, 5.41) is 7.00. The van der Waals surface area contributed by atoms with Crippen molar-refractivity contribution in [3.8, 4) is 5.75 Å². The highest BCUT2D eigenvalue weighted by molar-refractivity contribution is 5.85. The summed E-state index contributed by atoms with van der Waals surface area (Å²) in [6.07, 6.45) is 3.78. The van der Waals surface area contributed by atoms with Crippen LogP contribution in [0, 0.1) is 0 Å². The number of methoxy groups -OCH3 is 1. The van der Waals surface area contributed by atoms with Crippen molar-refractivity contribution >= 4 is 5.91 Å². The fourth-order valence-electron chi connectivity index (χ4n) is 4.71. The van der Waals surface area contributed by atoms with Crippen molar-refractivity contribution in [2.24, 2.45) is 0 Å². The molecule has 2 aliphatic rings. The largest absolute Gasteiger partial charge is 0.497 e. The molecule has 1 unspecified atom stereocenters. The molecule has 1 atom stereocenters. The molecule has 1 saturated heterocycles. The van der Waals surface area contributed by atoms with Gasteiger partial charge >= 0.3 is 0 Å². The van der Waals surface area contributed by atoms with Crippen LogP contribution in [0.4, 0.5) is 0 Å². The van der Waals surface area contributed by atoms with Crippen molar-refractivity contribution in [2.45, 2.75) is 76.4 Å². The fraction of sp³-hybridized carbons (Fsp3) is 0.650. The van der Waals surface area contributed by atoms with E-state index in [0.717, 1.165) is 37.0 Å². The van der Waals surface area contributed by atoms with Crippen molar-refractivity contribution in [2.75, 3.05) is 7.11 Å². The van der Waals surface area contributed by atoms with Crippen molar-refractivity contribution in [1.82, 2.24) is 10.6 Å². The summed E-state index contributed by atoms with van der Waals surface area (Å²) in [4.78, 5) is 12.9. The number of amides is 1. The van der Waals surface area contributed by atoms with Crippen molar-refractivity contribution in [1.29, 1.82) is 0 Å². The number of rotatable bonds is 3. The topological polar surface area (TPSA) is 50.4 Å². The van der Waals surface area contributed by atoms with Gasteiger partial charge in [-0.15, -0.1) is 0 Å². The normalized spacial score (nSPS) is 25.1. The molecule has 0 spiro atoms. The minimum Gasteiger partial charge on any atom is -0.497 e. The molecule has 0 radical (unpaired) electrons. The molecular weight excluding hydrogens is 300 g/mol. The Labute approximate surface area is 145 Å². The maximum absolute atomic E-state index is 12.9. The number of hydrogen-bond donors (Lipinski definition) is 2. The Hall–Kier alpha value is -1.55. The lowest BCUT2D eigenvalue weighted by Gasteiger charge is -2.46. The summed E-state index contributed by atoms with van der Waals surface area (Å²) in [7, 11) is 1.67. The van der Waals surface area contributed by atoms with E-state index in [1.165, 1.54) is 5.56 Å². The van der Waals surface area contributed by atoms with Crippen LogP contribution in [-0.2, 0) is 11.2 Å². The van der Waals surface area contributed by atoms with Crippen LogP contribution in [0.1, 0.15) is 64.0 Å². The lowest BCUT2D eigenvalue weighted by atomic mass is 9.79. The quantitative estimate of drug-likeness (QED) is 0.895. The van der Waals surface area contributed by atoms with Gasteiger partial charge in [0.2, 0.25) is 5.91 Å². The SMILES string of the molecule is COc1ccc2c(c1)C(C(=O)NC1CC(C)(C)NC(C)(C)C1)CC2. The summed E-state index contributed by atoms with van der Waals surface area (Å²) in [5.41, 5.74) is 2.49. The summed E-state index contributed by atoms with van der Waals surface area (Å²) in [6, 6.07) is 6.33. The van der Waals surface area contributed by atoms with Crippen LogP contribution in [-0.4, -0.2) is 30.1 Å². The van der Waals surface area contributed by atoms with Crippen LogP contribution in [0.15, 0.2) is 18.2 Å². The molecule has 1 amide bonds. The molecule has 3 rings (SSSR count). The first-order chi connectivity index (χ1) is 11.2. The van der Waals surface area contributed by atoms with Gasteiger partial charge in [-0.3, -0.25) is 4.79 Å². The molecule has 0 saturated carbocycles. The van der Waals surface area contributed by atoms with Gasteiger partial charge in [0.1, 0.15) is 5.75 Å². The van der Waals surface area contributed by atoms with Crippen LogP contribution >= 0.6 is 0 Å². The number of benzene rings is 1. The third-order valence-electron chi connectivity index (χ3n) is 5.28. The first-order valence-electron chi connectivity index (χ1n) is 8.96. The highest BCUT2D eigenvalue weighted by Gasteiger charge is 2.39. The first-order valence-corrected chi connectivity index (χ1v) is 8.96. The fourth-order valence-corrected chi connectivity index (χ4v) is 4.71. The van der Waals surface area contributed by atoms with Gasteiger partial charge in [-0.2, -0.15) is 0 Å². The van der Waals surface area contributed by atoms with Gasteiger partial charge in [0.25, 0.3) is 0 Å². The summed E-state index contributed by atoms with van der Waals surface area (Å²) in [6.45, 7) is 8.84. The van der Waals surface area contributed by atoms with Gasteiger partial charge in [-0.05, 0) is 76.6 Å². The van der Waals surface area contributed by atoms with E-state index in [-0.39, 0.29) is 28.9 Å². The molecule has 24 heavy (non-hydrogen) atoms. The van der Waals surface area contributed by atoms with E-state index >= 15 is 0 Å². The number of hydrogen-bond acceptors (Lipinski definition) is 3. The monoisotopic (exact) mass is 330 g/mol. The molecule has 4 nitrogen and oxygen atoms in total. The Bertz CT molecular complexity index is 621. The number of piperidine rings is 1. The zero-order valence-corrected chi connectivity index (χ0v) is 15.5. The van der Waals surface area contributed by atoms with Crippen LogP contribution in [0.2, 0.25) is 0 Å². The molecule has 0 bridgehead atoms. The minimum absolute atomic E-state index is 0.0382. The molecule has 0 aromatic heterocycles. The molecule has 1 aromatic carbocycles. The summed E-state index contributed by atoms with van der Waals surface area (Å²) in [5.74, 6) is 0.953. The lowest BCUT2D eigenvalue weighted by molar-refractivity contribution is -0.123. The molecule has 1 fully saturated rings. The second-order valence-electron chi connectivity index (χ2n) is 8.66. The maximum atomic E-state index is 12.9. The van der Waals surface area contributed by atoms with Gasteiger partial charge in [0.15, 0.2) is 0 Å². The number of ether oxygens (including phenoxy) is 1. The highest BCUT2D eigenvalue weighted by atomic mass is 16.5. The maximum Gasteiger partial charge on any atom is 0.227 e. The zero-order chi connectivity index (χ0) is 17.5. The van der Waals surface area contributed by atoms with E-state index in [0.29, 0.717) is 0 Å². The van der Waals surface area contributed by atoms with E-state index in [4.69, 9.17) is 4.74 Å². The molecule has 1 aromatic rings. The third-order valence-corrected chi connectivity index (χ3v) is 5.28. The second-order valence-corrected chi connectivity index (χ2v) is 8.66. The van der Waals surface area contributed by atoms with Crippen LogP contribution in [0.25, 0.3) is 0 Å². The Morgan fingerprint density at radius 3 is 2.50 bits per heavy atom. The molecule has 132 valence electrons. The average molecular weight is 330 g/mol. The molecule has 2 N–H and O–H groups in total. The smallest absolute Gasteiger partial charge is 0.227 e. The Morgan fingerprint density at radius 2 is 1.88 bits per heavy atom. The van der Waals surface area contributed by atoms with E-state index in [1.54, 1.807) is 7.11 Å². The summed E-state index contributed by atoms with van der Waals surface area (Å²) >= 11 is 0.